The molecule has 88 valence electrons. The van der Waals surface area contributed by atoms with E-state index in [-0.39, 0.29) is 11.9 Å². The number of benzene rings is 1. The highest BCUT2D eigenvalue weighted by Crippen LogP contribution is 2.42. The molecule has 0 amide bonds. The standard InChI is InChI=1S/C12H14BrClFN/c1-6(7-2-3-7)12(16)8-4-10(14)9(13)5-11(8)15/h4-7,12H,2-3,16H2,1H3. The molecule has 4 heteroatoms. The van der Waals surface area contributed by atoms with E-state index >= 15 is 0 Å². The summed E-state index contributed by atoms with van der Waals surface area (Å²) in [6.07, 6.45) is 2.42. The van der Waals surface area contributed by atoms with Crippen LogP contribution >= 0.6 is 27.5 Å². The number of halogens is 3. The second kappa shape index (κ2) is 4.63. The molecule has 2 rings (SSSR count). The summed E-state index contributed by atoms with van der Waals surface area (Å²) in [7, 11) is 0. The number of rotatable bonds is 3. The minimum Gasteiger partial charge on any atom is -0.324 e. The van der Waals surface area contributed by atoms with Gasteiger partial charge in [-0.05, 0) is 52.7 Å². The smallest absolute Gasteiger partial charge is 0.129 e. The molecule has 0 heterocycles. The van der Waals surface area contributed by atoms with Gasteiger partial charge in [-0.3, -0.25) is 0 Å². The summed E-state index contributed by atoms with van der Waals surface area (Å²) in [4.78, 5) is 0. The van der Waals surface area contributed by atoms with Gasteiger partial charge in [0, 0.05) is 16.1 Å². The molecule has 2 N–H and O–H groups in total. The van der Waals surface area contributed by atoms with Crippen molar-refractivity contribution < 1.29 is 4.39 Å². The summed E-state index contributed by atoms with van der Waals surface area (Å²) in [6, 6.07) is 2.75. The molecular weight excluding hydrogens is 292 g/mol. The fourth-order valence-corrected chi connectivity index (χ4v) is 2.48. The molecule has 0 radical (unpaired) electrons. The van der Waals surface area contributed by atoms with Crippen LogP contribution in [0.2, 0.25) is 5.02 Å². The second-order valence-electron chi connectivity index (χ2n) is 4.51. The molecule has 0 aliphatic heterocycles. The highest BCUT2D eigenvalue weighted by atomic mass is 79.9. The van der Waals surface area contributed by atoms with Crippen molar-refractivity contribution in [3.8, 4) is 0 Å². The zero-order chi connectivity index (χ0) is 11.9. The van der Waals surface area contributed by atoms with Crippen molar-refractivity contribution in [3.05, 3.63) is 33.0 Å². The largest absolute Gasteiger partial charge is 0.324 e. The van der Waals surface area contributed by atoms with Crippen LogP contribution in [0.15, 0.2) is 16.6 Å². The minimum absolute atomic E-state index is 0.266. The Bertz CT molecular complexity index is 406. The third-order valence-electron chi connectivity index (χ3n) is 3.33. The van der Waals surface area contributed by atoms with E-state index in [1.807, 2.05) is 0 Å². The lowest BCUT2D eigenvalue weighted by Gasteiger charge is -2.20. The van der Waals surface area contributed by atoms with Gasteiger partial charge in [-0.15, -0.1) is 0 Å². The lowest BCUT2D eigenvalue weighted by molar-refractivity contribution is 0.404. The van der Waals surface area contributed by atoms with E-state index in [4.69, 9.17) is 17.3 Å². The molecule has 2 atom stereocenters. The summed E-state index contributed by atoms with van der Waals surface area (Å²) in [5, 5.41) is 0.509. The Morgan fingerprint density at radius 2 is 2.12 bits per heavy atom. The van der Waals surface area contributed by atoms with Crippen molar-refractivity contribution in [2.75, 3.05) is 0 Å². The molecular formula is C12H14BrClFN. The third kappa shape index (κ3) is 2.41. The fraction of sp³-hybridized carbons (Fsp3) is 0.500. The Kier molecular flexibility index (Phi) is 3.57. The Hall–Kier alpha value is -0.120. The molecule has 1 aliphatic carbocycles. The summed E-state index contributed by atoms with van der Waals surface area (Å²) in [5.41, 5.74) is 6.61. The zero-order valence-corrected chi connectivity index (χ0v) is 11.4. The third-order valence-corrected chi connectivity index (χ3v) is 4.53. The average molecular weight is 307 g/mol. The molecule has 1 aromatic rings. The number of nitrogens with two attached hydrogens (primary N) is 1. The van der Waals surface area contributed by atoms with E-state index in [1.54, 1.807) is 6.07 Å². The van der Waals surface area contributed by atoms with E-state index in [1.165, 1.54) is 18.9 Å². The molecule has 1 aromatic carbocycles. The SMILES string of the molecule is CC(C1CC1)C(N)c1cc(Cl)c(Br)cc1F. The normalized spacial score (nSPS) is 19.6. The fourth-order valence-electron chi connectivity index (χ4n) is 1.99. The first kappa shape index (κ1) is 12.3. The Labute approximate surface area is 108 Å². The molecule has 16 heavy (non-hydrogen) atoms. The molecule has 1 aliphatic rings. The van der Waals surface area contributed by atoms with Crippen molar-refractivity contribution in [3.63, 3.8) is 0 Å². The first-order chi connectivity index (χ1) is 7.50. The van der Waals surface area contributed by atoms with Gasteiger partial charge in [-0.1, -0.05) is 18.5 Å². The molecule has 1 nitrogen and oxygen atoms in total. The van der Waals surface area contributed by atoms with Crippen molar-refractivity contribution in [2.45, 2.75) is 25.8 Å². The van der Waals surface area contributed by atoms with Crippen LogP contribution in [0.25, 0.3) is 0 Å². The maximum absolute atomic E-state index is 13.8. The molecule has 1 saturated carbocycles. The van der Waals surface area contributed by atoms with Crippen LogP contribution in [0, 0.1) is 17.7 Å². The lowest BCUT2D eigenvalue weighted by atomic mass is 9.91. The van der Waals surface area contributed by atoms with E-state index < -0.39 is 0 Å². The Morgan fingerprint density at radius 3 is 2.69 bits per heavy atom. The zero-order valence-electron chi connectivity index (χ0n) is 9.01. The topological polar surface area (TPSA) is 26.0 Å². The van der Waals surface area contributed by atoms with Crippen LogP contribution in [-0.2, 0) is 0 Å². The van der Waals surface area contributed by atoms with Crippen LogP contribution in [0.4, 0.5) is 4.39 Å². The molecule has 1 fully saturated rings. The van der Waals surface area contributed by atoms with E-state index in [0.29, 0.717) is 26.9 Å². The summed E-state index contributed by atoms with van der Waals surface area (Å²) >= 11 is 9.16. The van der Waals surface area contributed by atoms with Crippen molar-refractivity contribution >= 4 is 27.5 Å². The van der Waals surface area contributed by atoms with Crippen LogP contribution in [0.3, 0.4) is 0 Å². The van der Waals surface area contributed by atoms with Crippen molar-refractivity contribution in [1.29, 1.82) is 0 Å². The predicted molar refractivity (Wildman–Crippen MR) is 67.9 cm³/mol. The number of hydrogen-bond acceptors (Lipinski definition) is 1. The first-order valence-electron chi connectivity index (χ1n) is 5.40. The van der Waals surface area contributed by atoms with Gasteiger partial charge in [0.2, 0.25) is 0 Å². The van der Waals surface area contributed by atoms with Crippen LogP contribution in [0.1, 0.15) is 31.4 Å². The van der Waals surface area contributed by atoms with Gasteiger partial charge in [0.25, 0.3) is 0 Å². The van der Waals surface area contributed by atoms with Crippen molar-refractivity contribution in [1.82, 2.24) is 0 Å². The van der Waals surface area contributed by atoms with Gasteiger partial charge >= 0.3 is 0 Å². The highest BCUT2D eigenvalue weighted by Gasteiger charge is 2.33. The predicted octanol–water partition coefficient (Wildman–Crippen LogP) is 4.29. The average Bonchev–Trinajstić information content (AvgIpc) is 3.05. The van der Waals surface area contributed by atoms with Gasteiger partial charge in [0.05, 0.1) is 5.02 Å². The molecule has 0 aromatic heterocycles. The van der Waals surface area contributed by atoms with Gasteiger partial charge in [0.15, 0.2) is 0 Å². The first-order valence-corrected chi connectivity index (χ1v) is 6.58. The second-order valence-corrected chi connectivity index (χ2v) is 5.77. The van der Waals surface area contributed by atoms with Gasteiger partial charge in [-0.2, -0.15) is 0 Å². The maximum atomic E-state index is 13.8. The van der Waals surface area contributed by atoms with E-state index in [2.05, 4.69) is 22.9 Å². The van der Waals surface area contributed by atoms with Gasteiger partial charge < -0.3 is 5.73 Å². The Morgan fingerprint density at radius 1 is 1.50 bits per heavy atom. The van der Waals surface area contributed by atoms with Crippen LogP contribution in [0.5, 0.6) is 0 Å². The molecule has 2 unspecified atom stereocenters. The van der Waals surface area contributed by atoms with Gasteiger partial charge in [0.1, 0.15) is 5.82 Å². The van der Waals surface area contributed by atoms with E-state index in [0.717, 1.165) is 0 Å². The van der Waals surface area contributed by atoms with Gasteiger partial charge in [-0.25, -0.2) is 4.39 Å². The van der Waals surface area contributed by atoms with E-state index in [9.17, 15) is 4.39 Å². The monoisotopic (exact) mass is 305 g/mol. The van der Waals surface area contributed by atoms with Crippen molar-refractivity contribution in [2.24, 2.45) is 17.6 Å². The summed E-state index contributed by atoms with van der Waals surface area (Å²) in [5.74, 6) is 0.680. The number of hydrogen-bond donors (Lipinski definition) is 1. The summed E-state index contributed by atoms with van der Waals surface area (Å²) < 4.78 is 14.3. The molecule has 0 saturated heterocycles. The highest BCUT2D eigenvalue weighted by molar-refractivity contribution is 9.10. The quantitative estimate of drug-likeness (QED) is 0.828. The summed E-state index contributed by atoms with van der Waals surface area (Å²) in [6.45, 7) is 2.08. The maximum Gasteiger partial charge on any atom is 0.129 e. The Balaban J connectivity index is 2.28. The minimum atomic E-state index is -0.281. The molecule has 0 bridgehead atoms. The van der Waals surface area contributed by atoms with Crippen LogP contribution in [-0.4, -0.2) is 0 Å². The van der Waals surface area contributed by atoms with Crippen LogP contribution < -0.4 is 5.73 Å². The lowest BCUT2D eigenvalue weighted by Crippen LogP contribution is -2.21. The molecule has 0 spiro atoms.